The summed E-state index contributed by atoms with van der Waals surface area (Å²) in [4.78, 5) is 49.4. The maximum Gasteiger partial charge on any atom is 0.408 e. The second-order valence-corrected chi connectivity index (χ2v) is 11.6. The van der Waals surface area contributed by atoms with Crippen LogP contribution in [-0.4, -0.2) is 60.4 Å². The van der Waals surface area contributed by atoms with Gasteiger partial charge in [-0.1, -0.05) is 27.7 Å². The van der Waals surface area contributed by atoms with Crippen molar-refractivity contribution >= 4 is 24.0 Å². The first-order valence-corrected chi connectivity index (χ1v) is 12.4. The van der Waals surface area contributed by atoms with Crippen molar-refractivity contribution in [2.45, 2.75) is 112 Å². The molecule has 204 valence electrons. The topological polar surface area (TPSA) is 135 Å². The van der Waals surface area contributed by atoms with Crippen LogP contribution < -0.4 is 21.3 Å². The summed E-state index contributed by atoms with van der Waals surface area (Å²) in [5, 5.41) is 10.9. The van der Waals surface area contributed by atoms with Gasteiger partial charge in [0.25, 0.3) is 0 Å². The Morgan fingerprint density at radius 2 is 0.943 bits per heavy atom. The van der Waals surface area contributed by atoms with E-state index in [2.05, 4.69) is 21.3 Å². The molecule has 0 heterocycles. The number of ether oxygens (including phenoxy) is 2. The Morgan fingerprint density at radius 1 is 0.629 bits per heavy atom. The lowest BCUT2D eigenvalue weighted by molar-refractivity contribution is -0.123. The van der Waals surface area contributed by atoms with Gasteiger partial charge in [0.15, 0.2) is 0 Å². The van der Waals surface area contributed by atoms with Crippen LogP contribution >= 0.6 is 0 Å². The van der Waals surface area contributed by atoms with Crippen LogP contribution in [0, 0.1) is 11.8 Å². The number of carbonyl (C=O) groups excluding carboxylic acids is 4. The van der Waals surface area contributed by atoms with Crippen molar-refractivity contribution in [2.24, 2.45) is 11.8 Å². The van der Waals surface area contributed by atoms with Gasteiger partial charge in [0.05, 0.1) is 0 Å². The van der Waals surface area contributed by atoms with Gasteiger partial charge in [-0.15, -0.1) is 0 Å². The molecule has 0 saturated carbocycles. The maximum atomic E-state index is 12.6. The van der Waals surface area contributed by atoms with Gasteiger partial charge in [0.1, 0.15) is 23.3 Å². The Hall–Kier alpha value is -2.52. The summed E-state index contributed by atoms with van der Waals surface area (Å²) in [6, 6.07) is -1.43. The molecule has 0 spiro atoms. The Balaban J connectivity index is 4.67. The van der Waals surface area contributed by atoms with E-state index in [-0.39, 0.29) is 23.7 Å². The first kappa shape index (κ1) is 32.5. The number of rotatable bonds is 12. The van der Waals surface area contributed by atoms with E-state index in [4.69, 9.17) is 9.47 Å². The van der Waals surface area contributed by atoms with E-state index in [0.717, 1.165) is 0 Å². The minimum Gasteiger partial charge on any atom is -0.444 e. The minimum absolute atomic E-state index is 0.190. The monoisotopic (exact) mass is 500 g/mol. The van der Waals surface area contributed by atoms with Crippen molar-refractivity contribution in [3.8, 4) is 0 Å². The van der Waals surface area contributed by atoms with Crippen molar-refractivity contribution in [3.63, 3.8) is 0 Å². The predicted octanol–water partition coefficient (Wildman–Crippen LogP) is 3.49. The molecule has 0 bridgehead atoms. The molecule has 0 aliphatic carbocycles. The molecule has 4 N–H and O–H groups in total. The fourth-order valence-electron chi connectivity index (χ4n) is 3.06. The standard InChI is InChI=1S/C25H48N4O6/c1-16(2)14-18(28-22(32)34-24(5,6)7)20(30)26-12-11-13-27-21(31)19(15-17(3)4)29-23(33)35-25(8,9)10/h16-19H,11-15H2,1-10H3,(H,26,30)(H,27,31)(H,28,32)(H,29,33). The molecule has 2 atom stereocenters. The molecule has 0 aliphatic heterocycles. The van der Waals surface area contributed by atoms with E-state index in [9.17, 15) is 19.2 Å². The second kappa shape index (κ2) is 14.8. The summed E-state index contributed by atoms with van der Waals surface area (Å²) in [6.45, 7) is 19.0. The summed E-state index contributed by atoms with van der Waals surface area (Å²) in [7, 11) is 0. The number of nitrogens with one attached hydrogen (secondary N) is 4. The highest BCUT2D eigenvalue weighted by atomic mass is 16.6. The van der Waals surface area contributed by atoms with E-state index < -0.39 is 35.5 Å². The molecule has 0 aliphatic rings. The van der Waals surface area contributed by atoms with Gasteiger partial charge in [0.2, 0.25) is 11.8 Å². The molecular formula is C25H48N4O6. The van der Waals surface area contributed by atoms with Crippen LogP contribution in [-0.2, 0) is 19.1 Å². The van der Waals surface area contributed by atoms with Gasteiger partial charge in [-0.2, -0.15) is 0 Å². The first-order chi connectivity index (χ1) is 15.9. The minimum atomic E-state index is -0.715. The SMILES string of the molecule is CC(C)CC(NC(=O)OC(C)(C)C)C(=O)NCCCNC(=O)C(CC(C)C)NC(=O)OC(C)(C)C. The van der Waals surface area contributed by atoms with Crippen LogP contribution in [0.1, 0.15) is 88.5 Å². The van der Waals surface area contributed by atoms with E-state index in [1.54, 1.807) is 41.5 Å². The molecule has 0 aromatic heterocycles. The lowest BCUT2D eigenvalue weighted by atomic mass is 10.0. The smallest absolute Gasteiger partial charge is 0.408 e. The highest BCUT2D eigenvalue weighted by molar-refractivity contribution is 5.86. The summed E-state index contributed by atoms with van der Waals surface area (Å²) >= 11 is 0. The third kappa shape index (κ3) is 17.6. The molecule has 2 unspecified atom stereocenters. The van der Waals surface area contributed by atoms with E-state index in [1.807, 2.05) is 27.7 Å². The van der Waals surface area contributed by atoms with Gasteiger partial charge in [-0.25, -0.2) is 9.59 Å². The Kier molecular flexibility index (Phi) is 13.7. The fraction of sp³-hybridized carbons (Fsp3) is 0.840. The Bertz CT molecular complexity index is 637. The van der Waals surface area contributed by atoms with E-state index in [0.29, 0.717) is 32.4 Å². The largest absolute Gasteiger partial charge is 0.444 e. The normalized spacial score (nSPS) is 13.6. The zero-order chi connectivity index (χ0) is 27.4. The van der Waals surface area contributed by atoms with Gasteiger partial charge in [-0.3, -0.25) is 9.59 Å². The summed E-state index contributed by atoms with van der Waals surface area (Å²) < 4.78 is 10.5. The molecular weight excluding hydrogens is 452 g/mol. The van der Waals surface area contributed by atoms with Gasteiger partial charge in [0, 0.05) is 13.1 Å². The number of amides is 4. The van der Waals surface area contributed by atoms with E-state index >= 15 is 0 Å². The number of carbonyl (C=O) groups is 4. The molecule has 0 aromatic rings. The summed E-state index contributed by atoms with van der Waals surface area (Å²) in [6.07, 6.45) is 0.141. The molecule has 0 fully saturated rings. The zero-order valence-electron chi connectivity index (χ0n) is 23.3. The number of hydrogen-bond donors (Lipinski definition) is 4. The molecule has 4 amide bonds. The van der Waals surface area contributed by atoms with Gasteiger partial charge < -0.3 is 30.7 Å². The van der Waals surface area contributed by atoms with Crippen LogP contribution in [0.5, 0.6) is 0 Å². The lowest BCUT2D eigenvalue weighted by Gasteiger charge is -2.24. The van der Waals surface area contributed by atoms with Crippen LogP contribution in [0.2, 0.25) is 0 Å². The summed E-state index contributed by atoms with van der Waals surface area (Å²) in [5.74, 6) is -0.231. The Labute approximate surface area is 211 Å². The highest BCUT2D eigenvalue weighted by Gasteiger charge is 2.26. The van der Waals surface area contributed by atoms with E-state index in [1.165, 1.54) is 0 Å². The maximum absolute atomic E-state index is 12.6. The Morgan fingerprint density at radius 3 is 1.20 bits per heavy atom. The fourth-order valence-corrected chi connectivity index (χ4v) is 3.06. The lowest BCUT2D eigenvalue weighted by Crippen LogP contribution is -2.50. The molecule has 0 radical (unpaired) electrons. The van der Waals surface area contributed by atoms with Crippen LogP contribution in [0.15, 0.2) is 0 Å². The van der Waals surface area contributed by atoms with Crippen molar-refractivity contribution in [1.82, 2.24) is 21.3 Å². The van der Waals surface area contributed by atoms with Crippen LogP contribution in [0.4, 0.5) is 9.59 Å². The van der Waals surface area contributed by atoms with Crippen LogP contribution in [0.25, 0.3) is 0 Å². The second-order valence-electron chi connectivity index (χ2n) is 11.6. The van der Waals surface area contributed by atoms with Gasteiger partial charge >= 0.3 is 12.2 Å². The molecule has 0 saturated heterocycles. The number of hydrogen-bond acceptors (Lipinski definition) is 6. The predicted molar refractivity (Wildman–Crippen MR) is 136 cm³/mol. The number of alkyl carbamates (subject to hydrolysis) is 2. The average molecular weight is 501 g/mol. The van der Waals surface area contributed by atoms with Crippen molar-refractivity contribution in [1.29, 1.82) is 0 Å². The van der Waals surface area contributed by atoms with Crippen molar-refractivity contribution < 1.29 is 28.7 Å². The third-order valence-electron chi connectivity index (χ3n) is 4.38. The van der Waals surface area contributed by atoms with Gasteiger partial charge in [-0.05, 0) is 72.6 Å². The molecule has 0 aromatic carbocycles. The average Bonchev–Trinajstić information content (AvgIpc) is 2.62. The molecule has 10 heteroatoms. The quantitative estimate of drug-likeness (QED) is 0.303. The zero-order valence-corrected chi connectivity index (χ0v) is 23.3. The van der Waals surface area contributed by atoms with Crippen molar-refractivity contribution in [3.05, 3.63) is 0 Å². The molecule has 0 rings (SSSR count). The highest BCUT2D eigenvalue weighted by Crippen LogP contribution is 2.11. The van der Waals surface area contributed by atoms with Crippen molar-refractivity contribution in [2.75, 3.05) is 13.1 Å². The molecule has 35 heavy (non-hydrogen) atoms. The first-order valence-electron chi connectivity index (χ1n) is 12.4. The third-order valence-corrected chi connectivity index (χ3v) is 4.38. The molecule has 10 nitrogen and oxygen atoms in total. The summed E-state index contributed by atoms with van der Waals surface area (Å²) in [5.41, 5.74) is -1.32. The van der Waals surface area contributed by atoms with Crippen LogP contribution in [0.3, 0.4) is 0 Å².